The van der Waals surface area contributed by atoms with Crippen molar-refractivity contribution in [1.29, 1.82) is 0 Å². The van der Waals surface area contributed by atoms with Crippen LogP contribution in [0.3, 0.4) is 0 Å². The van der Waals surface area contributed by atoms with E-state index in [9.17, 15) is 4.79 Å². The van der Waals surface area contributed by atoms with Crippen molar-refractivity contribution in [2.75, 3.05) is 39.1 Å². The fourth-order valence-corrected chi connectivity index (χ4v) is 4.26. The third kappa shape index (κ3) is 9.86. The zero-order valence-electron chi connectivity index (χ0n) is 22.8. The maximum Gasteiger partial charge on any atom is 0.293 e. The summed E-state index contributed by atoms with van der Waals surface area (Å²) in [6.07, 6.45) is 12.5. The number of likely N-dealkylation sites (tertiary alicyclic amines) is 1. The van der Waals surface area contributed by atoms with Crippen LogP contribution in [0.15, 0.2) is 60.7 Å². The molecular weight excluding hydrogens is 448 g/mol. The molecule has 1 fully saturated rings. The Balaban J connectivity index is 0.000000346. The van der Waals surface area contributed by atoms with Gasteiger partial charge in [-0.2, -0.15) is 5.10 Å². The van der Waals surface area contributed by atoms with E-state index in [0.717, 1.165) is 56.8 Å². The van der Waals surface area contributed by atoms with Gasteiger partial charge in [-0.25, -0.2) is 0 Å². The molecule has 0 radical (unpaired) electrons. The summed E-state index contributed by atoms with van der Waals surface area (Å²) in [7, 11) is 4.02. The molecule has 3 rings (SSSR count). The average Bonchev–Trinajstić information content (AvgIpc) is 3.24. The van der Waals surface area contributed by atoms with E-state index in [-0.39, 0.29) is 0 Å². The maximum absolute atomic E-state index is 9.88. The number of piperidine rings is 1. The van der Waals surface area contributed by atoms with Crippen LogP contribution in [0, 0.1) is 19.8 Å². The highest BCUT2D eigenvalue weighted by molar-refractivity contribution is 5.37. The molecule has 0 unspecified atom stereocenters. The second-order valence-corrected chi connectivity index (χ2v) is 9.50. The minimum absolute atomic E-state index is 0.540. The van der Waals surface area contributed by atoms with Gasteiger partial charge >= 0.3 is 0 Å². The van der Waals surface area contributed by atoms with E-state index in [4.69, 9.17) is 4.74 Å². The van der Waals surface area contributed by atoms with Gasteiger partial charge in [-0.1, -0.05) is 54.6 Å². The first kappa shape index (κ1) is 29.1. The summed E-state index contributed by atoms with van der Waals surface area (Å²) in [5.41, 5.74) is 6.42. The third-order valence-corrected chi connectivity index (χ3v) is 6.61. The first-order chi connectivity index (χ1) is 17.4. The van der Waals surface area contributed by atoms with E-state index in [1.165, 1.54) is 22.3 Å². The molecule has 0 atom stereocenters. The number of aromatic nitrogens is 2. The number of allylic oxidation sites excluding steroid dienone is 5. The number of anilines is 1. The van der Waals surface area contributed by atoms with E-state index in [1.807, 2.05) is 26.1 Å². The predicted molar refractivity (Wildman–Crippen MR) is 150 cm³/mol. The van der Waals surface area contributed by atoms with Crippen molar-refractivity contribution in [2.45, 2.75) is 53.0 Å². The number of rotatable bonds is 11. The zero-order chi connectivity index (χ0) is 26.3. The predicted octanol–water partition coefficient (Wildman–Crippen LogP) is 5.71. The lowest BCUT2D eigenvalue weighted by Crippen LogP contribution is -2.31. The molecular formula is C30H44N4O2. The quantitative estimate of drug-likeness (QED) is 0.321. The van der Waals surface area contributed by atoms with E-state index < -0.39 is 0 Å². The number of nitrogens with zero attached hydrogens (tertiary/aromatic N) is 3. The average molecular weight is 493 g/mol. The molecule has 6 heteroatoms. The summed E-state index contributed by atoms with van der Waals surface area (Å²) in [4.78, 5) is 12.2. The van der Waals surface area contributed by atoms with Gasteiger partial charge in [0.25, 0.3) is 6.47 Å². The Morgan fingerprint density at radius 1 is 1.22 bits per heavy atom. The molecule has 0 amide bonds. The van der Waals surface area contributed by atoms with Crippen molar-refractivity contribution in [3.63, 3.8) is 0 Å². The molecule has 1 aliphatic heterocycles. The van der Waals surface area contributed by atoms with Gasteiger partial charge in [0.2, 0.25) is 0 Å². The highest BCUT2D eigenvalue weighted by Gasteiger charge is 2.16. The minimum atomic E-state index is 0.540. The van der Waals surface area contributed by atoms with Gasteiger partial charge in [0, 0.05) is 18.8 Å². The molecule has 1 aromatic heterocycles. The van der Waals surface area contributed by atoms with Crippen molar-refractivity contribution in [3.05, 3.63) is 83.1 Å². The number of hydrogen-bond donors (Lipinski definition) is 1. The van der Waals surface area contributed by atoms with E-state index in [2.05, 4.69) is 83.9 Å². The molecule has 0 bridgehead atoms. The van der Waals surface area contributed by atoms with Crippen molar-refractivity contribution < 1.29 is 9.53 Å². The molecule has 1 aromatic carbocycles. The summed E-state index contributed by atoms with van der Waals surface area (Å²) in [5, 5.41) is 7.73. The van der Waals surface area contributed by atoms with Gasteiger partial charge in [-0.15, -0.1) is 0 Å². The normalized spacial score (nSPS) is 14.9. The van der Waals surface area contributed by atoms with Gasteiger partial charge in [0.05, 0.1) is 13.2 Å². The van der Waals surface area contributed by atoms with Gasteiger partial charge in [-0.3, -0.25) is 9.48 Å². The van der Waals surface area contributed by atoms with Gasteiger partial charge in [0.15, 0.2) is 0 Å². The lowest BCUT2D eigenvalue weighted by Gasteiger charge is -2.27. The van der Waals surface area contributed by atoms with Gasteiger partial charge < -0.3 is 15.0 Å². The molecule has 1 N–H and O–H groups in total. The lowest BCUT2D eigenvalue weighted by atomic mass is 9.97. The number of aryl methyl sites for hydroxylation is 3. The Labute approximate surface area is 217 Å². The molecule has 2 aromatic rings. The van der Waals surface area contributed by atoms with Crippen LogP contribution < -0.4 is 5.32 Å². The van der Waals surface area contributed by atoms with Gasteiger partial charge in [-0.05, 0) is 89.2 Å². The van der Waals surface area contributed by atoms with Crippen LogP contribution >= 0.6 is 0 Å². The van der Waals surface area contributed by atoms with E-state index >= 15 is 0 Å². The number of carbonyl (C=O) groups is 1. The number of nitrogens with one attached hydrogen (secondary N) is 1. The Kier molecular flexibility index (Phi) is 12.8. The Morgan fingerprint density at radius 3 is 2.58 bits per heavy atom. The molecule has 36 heavy (non-hydrogen) atoms. The van der Waals surface area contributed by atoms with Crippen LogP contribution in [0.1, 0.15) is 48.6 Å². The topological polar surface area (TPSA) is 59.4 Å². The second-order valence-electron chi connectivity index (χ2n) is 9.50. The zero-order valence-corrected chi connectivity index (χ0v) is 22.8. The molecule has 2 heterocycles. The minimum Gasteiger partial charge on any atom is -0.468 e. The van der Waals surface area contributed by atoms with Crippen LogP contribution in [-0.4, -0.2) is 54.9 Å². The van der Waals surface area contributed by atoms with E-state index in [0.29, 0.717) is 19.0 Å². The van der Waals surface area contributed by atoms with Gasteiger partial charge in [0.1, 0.15) is 5.82 Å². The molecule has 6 nitrogen and oxygen atoms in total. The van der Waals surface area contributed by atoms with Crippen molar-refractivity contribution in [3.8, 4) is 0 Å². The van der Waals surface area contributed by atoms with Crippen molar-refractivity contribution >= 4 is 12.3 Å². The van der Waals surface area contributed by atoms with Crippen LogP contribution in [0.4, 0.5) is 5.82 Å². The summed E-state index contributed by atoms with van der Waals surface area (Å²) >= 11 is 0. The standard InChI is InChI=1S/C22H29N3.C8H15NO2/c1-6-8-9-19(7-2)11-13-20-12-10-17(3)14-21(20)16-25-18(4)15-22(23-5)24-25;1-9-4-2-8(3-5-9)6-11-7-10/h6-10,12,14-15H,2,11,13,16H2,1,3-5H3,(H,23,24);7-8H,2-6H2,1H3/b8-6-,19-9+;. The number of benzene rings is 1. The van der Waals surface area contributed by atoms with E-state index in [1.54, 1.807) is 0 Å². The first-order valence-electron chi connectivity index (χ1n) is 12.9. The Morgan fingerprint density at radius 2 is 1.97 bits per heavy atom. The molecule has 196 valence electrons. The smallest absolute Gasteiger partial charge is 0.293 e. The molecule has 0 aliphatic carbocycles. The fraction of sp³-hybridized carbons (Fsp3) is 0.467. The summed E-state index contributed by atoms with van der Waals surface area (Å²) in [5.74, 6) is 1.51. The highest BCUT2D eigenvalue weighted by atomic mass is 16.5. The Bertz CT molecular complexity index is 1010. The summed E-state index contributed by atoms with van der Waals surface area (Å²) in [6, 6.07) is 8.79. The maximum atomic E-state index is 9.88. The fourth-order valence-electron chi connectivity index (χ4n) is 4.26. The van der Waals surface area contributed by atoms with Crippen LogP contribution in [0.25, 0.3) is 0 Å². The third-order valence-electron chi connectivity index (χ3n) is 6.61. The Hall–Kier alpha value is -3.12. The summed E-state index contributed by atoms with van der Waals surface area (Å²) < 4.78 is 6.77. The SMILES string of the molecule is C=C/C(=C\C=C/C)CCc1ccc(C)cc1Cn1nc(NC)cc1C.CN1CCC(COC=O)CC1. The monoisotopic (exact) mass is 492 g/mol. The number of hydrogen-bond acceptors (Lipinski definition) is 5. The first-order valence-corrected chi connectivity index (χ1v) is 12.9. The van der Waals surface area contributed by atoms with Crippen LogP contribution in [0.5, 0.6) is 0 Å². The van der Waals surface area contributed by atoms with Crippen molar-refractivity contribution in [2.24, 2.45) is 5.92 Å². The lowest BCUT2D eigenvalue weighted by molar-refractivity contribution is -0.130. The largest absolute Gasteiger partial charge is 0.468 e. The molecule has 1 saturated heterocycles. The highest BCUT2D eigenvalue weighted by Crippen LogP contribution is 2.19. The molecule has 1 aliphatic rings. The van der Waals surface area contributed by atoms with Crippen molar-refractivity contribution in [1.82, 2.24) is 14.7 Å². The number of carbonyl (C=O) groups excluding carboxylic acids is 1. The van der Waals surface area contributed by atoms with Crippen LogP contribution in [0.2, 0.25) is 0 Å². The summed E-state index contributed by atoms with van der Waals surface area (Å²) in [6.45, 7) is 14.4. The second kappa shape index (κ2) is 15.8. The van der Waals surface area contributed by atoms with Crippen LogP contribution in [-0.2, 0) is 22.5 Å². The number of ether oxygens (including phenoxy) is 1. The molecule has 0 spiro atoms. The molecule has 0 saturated carbocycles.